The van der Waals surface area contributed by atoms with E-state index in [0.717, 1.165) is 31.8 Å². The second kappa shape index (κ2) is 5.77. The van der Waals surface area contributed by atoms with Gasteiger partial charge in [0.25, 0.3) is 0 Å². The van der Waals surface area contributed by atoms with E-state index >= 15 is 0 Å². The molecule has 1 fully saturated rings. The predicted octanol–water partition coefficient (Wildman–Crippen LogP) is 1.38. The van der Waals surface area contributed by atoms with Crippen molar-refractivity contribution in [3.63, 3.8) is 0 Å². The van der Waals surface area contributed by atoms with Crippen molar-refractivity contribution in [2.75, 3.05) is 13.1 Å². The summed E-state index contributed by atoms with van der Waals surface area (Å²) in [5.74, 6) is 1.33. The normalized spacial score (nSPS) is 26.0. The summed E-state index contributed by atoms with van der Waals surface area (Å²) >= 11 is 0. The van der Waals surface area contributed by atoms with Crippen LogP contribution in [0.15, 0.2) is 17.3 Å². The first-order chi connectivity index (χ1) is 7.84. The first kappa shape index (κ1) is 11.3. The van der Waals surface area contributed by atoms with Gasteiger partial charge in [-0.05, 0) is 37.7 Å². The summed E-state index contributed by atoms with van der Waals surface area (Å²) < 4.78 is 5.43. The molecule has 1 aliphatic carbocycles. The average molecular weight is 223 g/mol. The smallest absolute Gasteiger partial charge is 0.188 e. The fourth-order valence-corrected chi connectivity index (χ4v) is 1.91. The maximum absolute atomic E-state index is 5.78. The van der Waals surface area contributed by atoms with Gasteiger partial charge in [-0.1, -0.05) is 6.42 Å². The summed E-state index contributed by atoms with van der Waals surface area (Å²) in [7, 11) is 0. The molecule has 0 aromatic carbocycles. The molecule has 0 bridgehead atoms. The molecule has 90 valence electrons. The standard InChI is InChI=1S/C12H21N3O/c13-12(14-8-10-4-3-5-10)15-9-11-6-1-2-7-16-11/h2,7,10-11H,1,3-6,8-9H2,(H3,13,14,15). The third-order valence-electron chi connectivity index (χ3n) is 3.28. The summed E-state index contributed by atoms with van der Waals surface area (Å²) in [5, 5.41) is 3.12. The van der Waals surface area contributed by atoms with Gasteiger partial charge >= 0.3 is 0 Å². The van der Waals surface area contributed by atoms with Crippen LogP contribution in [0.3, 0.4) is 0 Å². The van der Waals surface area contributed by atoms with E-state index in [0.29, 0.717) is 5.96 Å². The van der Waals surface area contributed by atoms with E-state index in [2.05, 4.69) is 10.3 Å². The van der Waals surface area contributed by atoms with Crippen LogP contribution in [0.25, 0.3) is 0 Å². The first-order valence-electron chi connectivity index (χ1n) is 6.19. The molecule has 1 atom stereocenters. The Kier molecular flexibility index (Phi) is 4.08. The van der Waals surface area contributed by atoms with Gasteiger partial charge in [-0.15, -0.1) is 0 Å². The number of rotatable bonds is 4. The van der Waals surface area contributed by atoms with Gasteiger partial charge in [0.05, 0.1) is 12.8 Å². The van der Waals surface area contributed by atoms with Crippen molar-refractivity contribution >= 4 is 5.96 Å². The van der Waals surface area contributed by atoms with Crippen molar-refractivity contribution in [1.29, 1.82) is 0 Å². The highest BCUT2D eigenvalue weighted by Gasteiger charge is 2.16. The number of guanidine groups is 1. The summed E-state index contributed by atoms with van der Waals surface area (Å²) in [4.78, 5) is 4.34. The number of nitrogens with two attached hydrogens (primary N) is 1. The maximum Gasteiger partial charge on any atom is 0.188 e. The Bertz CT molecular complexity index is 271. The molecule has 1 heterocycles. The Balaban J connectivity index is 1.62. The van der Waals surface area contributed by atoms with E-state index in [-0.39, 0.29) is 6.10 Å². The van der Waals surface area contributed by atoms with Gasteiger partial charge in [-0.2, -0.15) is 0 Å². The van der Waals surface area contributed by atoms with E-state index in [4.69, 9.17) is 10.5 Å². The van der Waals surface area contributed by atoms with Crippen LogP contribution in [0.2, 0.25) is 0 Å². The van der Waals surface area contributed by atoms with Gasteiger partial charge in [-0.25, -0.2) is 0 Å². The van der Waals surface area contributed by atoms with Crippen molar-refractivity contribution in [1.82, 2.24) is 5.32 Å². The number of hydrogen-bond acceptors (Lipinski definition) is 2. The second-order valence-electron chi connectivity index (χ2n) is 4.61. The number of allylic oxidation sites excluding steroid dienone is 1. The largest absolute Gasteiger partial charge is 0.497 e. The number of aliphatic imine (C=N–C) groups is 1. The zero-order chi connectivity index (χ0) is 11.2. The van der Waals surface area contributed by atoms with Gasteiger partial charge < -0.3 is 15.8 Å². The molecule has 16 heavy (non-hydrogen) atoms. The summed E-state index contributed by atoms with van der Waals surface area (Å²) in [6, 6.07) is 0. The van der Waals surface area contributed by atoms with E-state index in [9.17, 15) is 0 Å². The highest BCUT2D eigenvalue weighted by atomic mass is 16.5. The van der Waals surface area contributed by atoms with Crippen LogP contribution in [0.4, 0.5) is 0 Å². The van der Waals surface area contributed by atoms with Crippen molar-refractivity contribution in [3.8, 4) is 0 Å². The monoisotopic (exact) mass is 223 g/mol. The van der Waals surface area contributed by atoms with Gasteiger partial charge in [0, 0.05) is 6.54 Å². The quantitative estimate of drug-likeness (QED) is 0.559. The molecular formula is C12H21N3O. The second-order valence-corrected chi connectivity index (χ2v) is 4.61. The lowest BCUT2D eigenvalue weighted by molar-refractivity contribution is 0.127. The minimum Gasteiger partial charge on any atom is -0.497 e. The fourth-order valence-electron chi connectivity index (χ4n) is 1.91. The zero-order valence-corrected chi connectivity index (χ0v) is 9.69. The molecule has 0 radical (unpaired) electrons. The molecule has 0 amide bonds. The Morgan fingerprint density at radius 2 is 2.31 bits per heavy atom. The van der Waals surface area contributed by atoms with Gasteiger partial charge in [0.1, 0.15) is 6.10 Å². The minimum absolute atomic E-state index is 0.238. The highest BCUT2D eigenvalue weighted by molar-refractivity contribution is 5.77. The zero-order valence-electron chi connectivity index (χ0n) is 9.69. The van der Waals surface area contributed by atoms with Crippen molar-refractivity contribution in [3.05, 3.63) is 12.3 Å². The lowest BCUT2D eigenvalue weighted by atomic mass is 9.86. The Hall–Kier alpha value is -1.19. The van der Waals surface area contributed by atoms with Crippen LogP contribution >= 0.6 is 0 Å². The number of nitrogens with zero attached hydrogens (tertiary/aromatic N) is 1. The van der Waals surface area contributed by atoms with Gasteiger partial charge in [-0.3, -0.25) is 4.99 Å². The Morgan fingerprint density at radius 1 is 1.44 bits per heavy atom. The topological polar surface area (TPSA) is 59.6 Å². The number of ether oxygens (including phenoxy) is 1. The summed E-state index contributed by atoms with van der Waals surface area (Å²) in [5.41, 5.74) is 5.78. The molecule has 0 aromatic heterocycles. The molecular weight excluding hydrogens is 202 g/mol. The van der Waals surface area contributed by atoms with Crippen LogP contribution in [0.5, 0.6) is 0 Å². The van der Waals surface area contributed by atoms with Gasteiger partial charge in [0.15, 0.2) is 5.96 Å². The number of hydrogen-bond donors (Lipinski definition) is 2. The molecule has 2 rings (SSSR count). The molecule has 1 saturated carbocycles. The van der Waals surface area contributed by atoms with Crippen molar-refractivity contribution in [2.24, 2.45) is 16.6 Å². The molecule has 0 spiro atoms. The average Bonchev–Trinajstić information content (AvgIpc) is 2.26. The molecule has 4 heteroatoms. The summed E-state index contributed by atoms with van der Waals surface area (Å²) in [6.07, 6.45) is 10.2. The molecule has 2 aliphatic rings. The third kappa shape index (κ3) is 3.43. The first-order valence-corrected chi connectivity index (χ1v) is 6.19. The van der Waals surface area contributed by atoms with E-state index < -0.39 is 0 Å². The molecule has 0 saturated heterocycles. The molecule has 3 N–H and O–H groups in total. The SMILES string of the molecule is NC(=NCC1CCC1)NCC1CCC=CO1. The number of nitrogens with one attached hydrogen (secondary N) is 1. The van der Waals surface area contributed by atoms with Gasteiger partial charge in [0.2, 0.25) is 0 Å². The fraction of sp³-hybridized carbons (Fsp3) is 0.750. The van der Waals surface area contributed by atoms with E-state index in [1.54, 1.807) is 6.26 Å². The Labute approximate surface area is 97.0 Å². The Morgan fingerprint density at radius 3 is 2.94 bits per heavy atom. The van der Waals surface area contributed by atoms with Crippen molar-refractivity contribution in [2.45, 2.75) is 38.2 Å². The lowest BCUT2D eigenvalue weighted by Crippen LogP contribution is -2.38. The van der Waals surface area contributed by atoms with Crippen LogP contribution in [0.1, 0.15) is 32.1 Å². The van der Waals surface area contributed by atoms with Crippen LogP contribution < -0.4 is 11.1 Å². The van der Waals surface area contributed by atoms with Crippen LogP contribution in [0, 0.1) is 5.92 Å². The van der Waals surface area contributed by atoms with E-state index in [1.807, 2.05) is 6.08 Å². The lowest BCUT2D eigenvalue weighted by Gasteiger charge is -2.23. The molecule has 4 nitrogen and oxygen atoms in total. The summed E-state index contributed by atoms with van der Waals surface area (Å²) in [6.45, 7) is 1.63. The third-order valence-corrected chi connectivity index (χ3v) is 3.28. The van der Waals surface area contributed by atoms with Crippen LogP contribution in [-0.2, 0) is 4.74 Å². The van der Waals surface area contributed by atoms with E-state index in [1.165, 1.54) is 19.3 Å². The molecule has 1 aliphatic heterocycles. The predicted molar refractivity (Wildman–Crippen MR) is 65.1 cm³/mol. The molecule has 0 aromatic rings. The molecule has 1 unspecified atom stereocenters. The van der Waals surface area contributed by atoms with Crippen LogP contribution in [-0.4, -0.2) is 25.2 Å². The highest BCUT2D eigenvalue weighted by Crippen LogP contribution is 2.26. The minimum atomic E-state index is 0.238. The van der Waals surface area contributed by atoms with Crippen molar-refractivity contribution < 1.29 is 4.74 Å². The maximum atomic E-state index is 5.78.